The van der Waals surface area contributed by atoms with Crippen LogP contribution in [0, 0.1) is 11.3 Å². The molecule has 114 valence electrons. The molecular formula is C12H8F5NO3. The van der Waals surface area contributed by atoms with Crippen molar-refractivity contribution < 1.29 is 36.2 Å². The minimum absolute atomic E-state index is 0.162. The summed E-state index contributed by atoms with van der Waals surface area (Å²) >= 11 is 0. The maximum absolute atomic E-state index is 12.8. The molecule has 0 aromatic heterocycles. The molecule has 0 saturated heterocycles. The van der Waals surface area contributed by atoms with Gasteiger partial charge in [-0.1, -0.05) is 0 Å². The van der Waals surface area contributed by atoms with E-state index in [9.17, 15) is 26.7 Å². The third-order valence-corrected chi connectivity index (χ3v) is 2.25. The van der Waals surface area contributed by atoms with Crippen molar-refractivity contribution in [2.75, 3.05) is 6.61 Å². The highest BCUT2D eigenvalue weighted by Crippen LogP contribution is 2.36. The van der Waals surface area contributed by atoms with Crippen LogP contribution in [-0.2, 0) is 10.9 Å². The van der Waals surface area contributed by atoms with E-state index in [4.69, 9.17) is 5.26 Å². The van der Waals surface area contributed by atoms with E-state index < -0.39 is 41.2 Å². The minimum atomic E-state index is -5.02. The van der Waals surface area contributed by atoms with Crippen LogP contribution in [0.3, 0.4) is 0 Å². The lowest BCUT2D eigenvalue weighted by Gasteiger charge is -2.14. The summed E-state index contributed by atoms with van der Waals surface area (Å²) in [5, 5.41) is 8.81. The van der Waals surface area contributed by atoms with Crippen LogP contribution in [0.1, 0.15) is 28.4 Å². The maximum atomic E-state index is 12.8. The zero-order valence-electron chi connectivity index (χ0n) is 10.5. The molecule has 1 aromatic carbocycles. The molecule has 0 bridgehead atoms. The van der Waals surface area contributed by atoms with Crippen LogP contribution in [0.5, 0.6) is 5.75 Å². The highest BCUT2D eigenvalue weighted by atomic mass is 19.4. The smallest absolute Gasteiger partial charge is 0.417 e. The normalized spacial score (nSPS) is 11.1. The first-order valence-electron chi connectivity index (χ1n) is 5.48. The molecule has 1 rings (SSSR count). The third kappa shape index (κ3) is 4.05. The summed E-state index contributed by atoms with van der Waals surface area (Å²) in [7, 11) is 0. The first kappa shape index (κ1) is 16.7. The molecule has 0 atom stereocenters. The monoisotopic (exact) mass is 309 g/mol. The maximum Gasteiger partial charge on any atom is 0.417 e. The molecule has 0 fully saturated rings. The van der Waals surface area contributed by atoms with Crippen LogP contribution < -0.4 is 4.74 Å². The van der Waals surface area contributed by atoms with Gasteiger partial charge in [0, 0.05) is 0 Å². The Kier molecular flexibility index (Phi) is 5.07. The Morgan fingerprint density at radius 2 is 2.00 bits per heavy atom. The van der Waals surface area contributed by atoms with Crippen LogP contribution >= 0.6 is 0 Å². The van der Waals surface area contributed by atoms with Gasteiger partial charge in [0.2, 0.25) is 0 Å². The summed E-state index contributed by atoms with van der Waals surface area (Å²) in [4.78, 5) is 11.6. The lowest BCUT2D eigenvalue weighted by Crippen LogP contribution is -2.15. The predicted molar refractivity (Wildman–Crippen MR) is 58.7 cm³/mol. The number of nitrogens with zero attached hydrogens (tertiary/aromatic N) is 1. The molecule has 0 saturated carbocycles. The number of carbonyl (C=O) groups excluding carboxylic acids is 1. The lowest BCUT2D eigenvalue weighted by atomic mass is 10.0. The number of halogens is 5. The number of hydrogen-bond acceptors (Lipinski definition) is 4. The highest BCUT2D eigenvalue weighted by Gasteiger charge is 2.37. The Bertz CT molecular complexity index is 577. The van der Waals surface area contributed by atoms with Crippen molar-refractivity contribution >= 4 is 5.97 Å². The summed E-state index contributed by atoms with van der Waals surface area (Å²) in [6.07, 6.45) is -5.02. The van der Waals surface area contributed by atoms with Gasteiger partial charge in [0.1, 0.15) is 11.8 Å². The van der Waals surface area contributed by atoms with E-state index in [-0.39, 0.29) is 12.7 Å². The fraction of sp³-hybridized carbons (Fsp3) is 0.333. The molecule has 1 aromatic rings. The van der Waals surface area contributed by atoms with Crippen molar-refractivity contribution in [1.82, 2.24) is 0 Å². The fourth-order valence-electron chi connectivity index (χ4n) is 1.50. The zero-order chi connectivity index (χ0) is 16.2. The summed E-state index contributed by atoms with van der Waals surface area (Å²) in [6.45, 7) is -2.15. The molecule has 0 unspecified atom stereocenters. The Hall–Kier alpha value is -2.37. The predicted octanol–water partition coefficient (Wildman–Crippen LogP) is 3.36. The summed E-state index contributed by atoms with van der Waals surface area (Å²) < 4.78 is 71.1. The number of benzene rings is 1. The van der Waals surface area contributed by atoms with E-state index in [1.165, 1.54) is 13.0 Å². The van der Waals surface area contributed by atoms with Gasteiger partial charge in [0.15, 0.2) is 0 Å². The second-order valence-corrected chi connectivity index (χ2v) is 3.60. The molecular weight excluding hydrogens is 301 g/mol. The first-order valence-corrected chi connectivity index (χ1v) is 5.48. The summed E-state index contributed by atoms with van der Waals surface area (Å²) in [5.74, 6) is -2.13. The lowest BCUT2D eigenvalue weighted by molar-refractivity contribution is -0.138. The quantitative estimate of drug-likeness (QED) is 0.632. The van der Waals surface area contributed by atoms with Crippen LogP contribution in [0.4, 0.5) is 22.0 Å². The van der Waals surface area contributed by atoms with Gasteiger partial charge in [-0.2, -0.15) is 27.2 Å². The fourth-order valence-corrected chi connectivity index (χ4v) is 1.50. The van der Waals surface area contributed by atoms with Gasteiger partial charge in [-0.25, -0.2) is 4.79 Å². The van der Waals surface area contributed by atoms with E-state index in [1.54, 1.807) is 0 Å². The molecule has 0 aliphatic carbocycles. The molecule has 0 aliphatic heterocycles. The van der Waals surface area contributed by atoms with E-state index in [0.717, 1.165) is 0 Å². The van der Waals surface area contributed by atoms with Crippen LogP contribution in [0.15, 0.2) is 12.1 Å². The largest absolute Gasteiger partial charge is 0.462 e. The second-order valence-electron chi connectivity index (χ2n) is 3.60. The highest BCUT2D eigenvalue weighted by molar-refractivity contribution is 5.93. The molecule has 0 heterocycles. The van der Waals surface area contributed by atoms with Crippen molar-refractivity contribution in [1.29, 1.82) is 5.26 Å². The molecule has 0 spiro atoms. The average Bonchev–Trinajstić information content (AvgIpc) is 2.36. The van der Waals surface area contributed by atoms with Crippen molar-refractivity contribution in [3.8, 4) is 11.8 Å². The van der Waals surface area contributed by atoms with E-state index in [2.05, 4.69) is 9.47 Å². The Balaban J connectivity index is 3.53. The number of alkyl halides is 5. The van der Waals surface area contributed by atoms with Gasteiger partial charge in [-0.05, 0) is 19.1 Å². The van der Waals surface area contributed by atoms with Crippen molar-refractivity contribution in [2.45, 2.75) is 19.7 Å². The number of rotatable bonds is 4. The minimum Gasteiger partial charge on any atom is -0.462 e. The van der Waals surface area contributed by atoms with Gasteiger partial charge < -0.3 is 9.47 Å². The van der Waals surface area contributed by atoms with Crippen molar-refractivity contribution in [3.05, 3.63) is 28.8 Å². The number of ether oxygens (including phenoxy) is 2. The standard InChI is InChI=1S/C12H8F5NO3/c1-2-20-10(19)7-3-6(21-11(13)14)4-9(8(7)5-18)12(15,16)17/h3-4,11H,2H2,1H3. The molecule has 4 nitrogen and oxygen atoms in total. The molecule has 0 aliphatic rings. The number of nitriles is 1. The average molecular weight is 309 g/mol. The Morgan fingerprint density at radius 3 is 2.43 bits per heavy atom. The number of esters is 1. The number of hydrogen-bond donors (Lipinski definition) is 0. The molecule has 0 amide bonds. The van der Waals surface area contributed by atoms with Gasteiger partial charge in [0.05, 0.1) is 23.3 Å². The second kappa shape index (κ2) is 6.39. The first-order chi connectivity index (χ1) is 9.70. The van der Waals surface area contributed by atoms with E-state index in [0.29, 0.717) is 6.07 Å². The molecule has 21 heavy (non-hydrogen) atoms. The summed E-state index contributed by atoms with van der Waals surface area (Å²) in [6, 6.07) is 2.07. The van der Waals surface area contributed by atoms with Crippen LogP contribution in [-0.4, -0.2) is 19.2 Å². The van der Waals surface area contributed by atoms with Gasteiger partial charge in [0.25, 0.3) is 0 Å². The topological polar surface area (TPSA) is 59.3 Å². The molecule has 9 heteroatoms. The third-order valence-electron chi connectivity index (χ3n) is 2.25. The number of carbonyl (C=O) groups is 1. The van der Waals surface area contributed by atoms with Crippen LogP contribution in [0.2, 0.25) is 0 Å². The van der Waals surface area contributed by atoms with E-state index in [1.807, 2.05) is 0 Å². The Morgan fingerprint density at radius 1 is 1.38 bits per heavy atom. The Labute approximate surface area is 115 Å². The molecule has 0 radical (unpaired) electrons. The van der Waals surface area contributed by atoms with Gasteiger partial charge in [-0.15, -0.1) is 0 Å². The summed E-state index contributed by atoms with van der Waals surface area (Å²) in [5.41, 5.74) is -3.35. The van der Waals surface area contributed by atoms with Gasteiger partial charge in [-0.3, -0.25) is 0 Å². The zero-order valence-corrected chi connectivity index (χ0v) is 10.5. The van der Waals surface area contributed by atoms with Crippen molar-refractivity contribution in [2.24, 2.45) is 0 Å². The van der Waals surface area contributed by atoms with Crippen molar-refractivity contribution in [3.63, 3.8) is 0 Å². The van der Waals surface area contributed by atoms with Crippen LogP contribution in [0.25, 0.3) is 0 Å². The van der Waals surface area contributed by atoms with Gasteiger partial charge >= 0.3 is 18.8 Å². The SMILES string of the molecule is CCOC(=O)c1cc(OC(F)F)cc(C(F)(F)F)c1C#N. The van der Waals surface area contributed by atoms with E-state index >= 15 is 0 Å². The molecule has 0 N–H and O–H groups in total.